The van der Waals surface area contributed by atoms with Crippen molar-refractivity contribution in [2.45, 2.75) is 39.2 Å². The zero-order valence-corrected chi connectivity index (χ0v) is 15.0. The van der Waals surface area contributed by atoms with Crippen molar-refractivity contribution in [2.24, 2.45) is 0 Å². The van der Waals surface area contributed by atoms with Gasteiger partial charge in [-0.15, -0.1) is 0 Å². The highest BCUT2D eigenvalue weighted by atomic mass is 16.5. The molecule has 0 aliphatic carbocycles. The number of amides is 1. The monoisotopic (exact) mass is 333 g/mol. The summed E-state index contributed by atoms with van der Waals surface area (Å²) in [5.74, 6) is 0.237. The lowest BCUT2D eigenvalue weighted by Crippen LogP contribution is -2.55. The van der Waals surface area contributed by atoms with E-state index in [1.165, 1.54) is 0 Å². The first kappa shape index (κ1) is 18.7. The molecule has 1 fully saturated rings. The number of nitrogens with two attached hydrogens (primary N) is 1. The maximum atomic E-state index is 12.6. The van der Waals surface area contributed by atoms with Crippen LogP contribution in [0, 0.1) is 0 Å². The molecule has 1 aromatic rings. The molecule has 1 amide bonds. The van der Waals surface area contributed by atoms with Crippen molar-refractivity contribution in [3.63, 3.8) is 0 Å². The van der Waals surface area contributed by atoms with Gasteiger partial charge in [0, 0.05) is 50.9 Å². The van der Waals surface area contributed by atoms with Gasteiger partial charge in [-0.2, -0.15) is 0 Å². The maximum absolute atomic E-state index is 12.6. The number of benzene rings is 1. The molecule has 2 rings (SSSR count). The quantitative estimate of drug-likeness (QED) is 0.585. The minimum atomic E-state index is 0.237. The predicted molar refractivity (Wildman–Crippen MR) is 97.9 cm³/mol. The molecule has 1 atom stereocenters. The summed E-state index contributed by atoms with van der Waals surface area (Å²) in [4.78, 5) is 17.0. The van der Waals surface area contributed by atoms with Crippen LogP contribution in [0.2, 0.25) is 0 Å². The zero-order valence-electron chi connectivity index (χ0n) is 15.0. The van der Waals surface area contributed by atoms with E-state index in [0.29, 0.717) is 18.9 Å². The number of para-hydroxylation sites is 1. The van der Waals surface area contributed by atoms with E-state index in [1.807, 2.05) is 36.1 Å². The summed E-state index contributed by atoms with van der Waals surface area (Å²) in [6.45, 7) is 9.27. The minimum absolute atomic E-state index is 0.237. The number of anilines is 1. The molecule has 0 saturated carbocycles. The molecule has 1 saturated heterocycles. The Bertz CT molecular complexity index is 521. The van der Waals surface area contributed by atoms with E-state index in [0.717, 1.165) is 57.1 Å². The van der Waals surface area contributed by atoms with Crippen molar-refractivity contribution in [1.82, 2.24) is 9.80 Å². The fourth-order valence-electron chi connectivity index (χ4n) is 3.29. The molecule has 24 heavy (non-hydrogen) atoms. The van der Waals surface area contributed by atoms with Gasteiger partial charge in [0.1, 0.15) is 0 Å². The van der Waals surface area contributed by atoms with E-state index in [9.17, 15) is 4.79 Å². The molecular formula is C19H31N3O2. The molecule has 0 aromatic heterocycles. The smallest absolute Gasteiger partial charge is 0.222 e. The van der Waals surface area contributed by atoms with Gasteiger partial charge in [-0.25, -0.2) is 0 Å². The summed E-state index contributed by atoms with van der Waals surface area (Å²) in [5, 5.41) is 0. The lowest BCUT2D eigenvalue weighted by atomic mass is 10.1. The van der Waals surface area contributed by atoms with Crippen LogP contribution >= 0.6 is 0 Å². The maximum Gasteiger partial charge on any atom is 0.222 e. The minimum Gasteiger partial charge on any atom is -0.399 e. The fraction of sp³-hybridized carbons (Fsp3) is 0.632. The van der Waals surface area contributed by atoms with Gasteiger partial charge in [0.2, 0.25) is 5.91 Å². The summed E-state index contributed by atoms with van der Waals surface area (Å²) in [7, 11) is 0. The number of ether oxygens (including phenoxy) is 1. The average molecular weight is 333 g/mol. The normalized spacial score (nSPS) is 18.8. The number of carbonyl (C=O) groups is 1. The Labute approximate surface area is 145 Å². The second kappa shape index (κ2) is 9.64. The van der Waals surface area contributed by atoms with Crippen molar-refractivity contribution < 1.29 is 9.53 Å². The molecule has 1 aliphatic heterocycles. The number of hydrogen-bond acceptors (Lipinski definition) is 4. The molecule has 1 aliphatic rings. The van der Waals surface area contributed by atoms with Gasteiger partial charge < -0.3 is 15.4 Å². The van der Waals surface area contributed by atoms with Gasteiger partial charge in [-0.05, 0) is 31.4 Å². The molecule has 1 heterocycles. The van der Waals surface area contributed by atoms with E-state index in [2.05, 4.69) is 11.8 Å². The molecule has 5 heteroatoms. The lowest BCUT2D eigenvalue weighted by molar-refractivity contribution is -0.134. The van der Waals surface area contributed by atoms with Crippen LogP contribution < -0.4 is 5.73 Å². The van der Waals surface area contributed by atoms with Crippen LogP contribution in [0.3, 0.4) is 0 Å². The summed E-state index contributed by atoms with van der Waals surface area (Å²) in [6, 6.07) is 8.23. The van der Waals surface area contributed by atoms with Crippen LogP contribution in [0.1, 0.15) is 32.3 Å². The van der Waals surface area contributed by atoms with Gasteiger partial charge in [0.15, 0.2) is 0 Å². The van der Waals surface area contributed by atoms with E-state index in [1.54, 1.807) is 0 Å². The number of nitrogen functional groups attached to an aromatic ring is 1. The van der Waals surface area contributed by atoms with E-state index in [4.69, 9.17) is 10.5 Å². The standard InChI is InChI=1S/C19H31N3O2/c1-3-17-15-22(12-11-21(17)13-14-24-4-2)19(23)10-9-16-7-5-6-8-18(16)20/h5-8,17H,3-4,9-15,20H2,1-2H3. The van der Waals surface area contributed by atoms with Crippen LogP contribution in [0.25, 0.3) is 0 Å². The van der Waals surface area contributed by atoms with Crippen LogP contribution in [-0.2, 0) is 16.0 Å². The number of hydrogen-bond donors (Lipinski definition) is 1. The number of carbonyl (C=O) groups excluding carboxylic acids is 1. The fourth-order valence-corrected chi connectivity index (χ4v) is 3.29. The first-order valence-corrected chi connectivity index (χ1v) is 9.08. The molecule has 134 valence electrons. The Kier molecular flexibility index (Phi) is 7.53. The highest BCUT2D eigenvalue weighted by molar-refractivity contribution is 5.77. The first-order chi connectivity index (χ1) is 11.7. The second-order valence-corrected chi connectivity index (χ2v) is 6.33. The van der Waals surface area contributed by atoms with Crippen LogP contribution in [0.15, 0.2) is 24.3 Å². The number of piperazine rings is 1. The van der Waals surface area contributed by atoms with Crippen molar-refractivity contribution in [2.75, 3.05) is 45.1 Å². The zero-order chi connectivity index (χ0) is 17.4. The van der Waals surface area contributed by atoms with Gasteiger partial charge in [0.05, 0.1) is 6.61 Å². The third kappa shape index (κ3) is 5.21. The number of rotatable bonds is 8. The number of aryl methyl sites for hydroxylation is 1. The Morgan fingerprint density at radius 1 is 1.29 bits per heavy atom. The Morgan fingerprint density at radius 2 is 2.08 bits per heavy atom. The van der Waals surface area contributed by atoms with E-state index < -0.39 is 0 Å². The molecule has 0 bridgehead atoms. The molecular weight excluding hydrogens is 302 g/mol. The predicted octanol–water partition coefficient (Wildman–Crippen LogP) is 2.16. The van der Waals surface area contributed by atoms with Gasteiger partial charge >= 0.3 is 0 Å². The van der Waals surface area contributed by atoms with Gasteiger partial charge in [-0.3, -0.25) is 9.69 Å². The second-order valence-electron chi connectivity index (χ2n) is 6.33. The highest BCUT2D eigenvalue weighted by Crippen LogP contribution is 2.16. The van der Waals surface area contributed by atoms with E-state index in [-0.39, 0.29) is 5.91 Å². The third-order valence-corrected chi connectivity index (χ3v) is 4.82. The molecule has 0 spiro atoms. The Hall–Kier alpha value is -1.59. The molecule has 0 radical (unpaired) electrons. The van der Waals surface area contributed by atoms with Crippen molar-refractivity contribution >= 4 is 11.6 Å². The molecule has 2 N–H and O–H groups in total. The molecule has 1 aromatic carbocycles. The lowest BCUT2D eigenvalue weighted by Gasteiger charge is -2.41. The average Bonchev–Trinajstić information content (AvgIpc) is 2.61. The molecule has 5 nitrogen and oxygen atoms in total. The largest absolute Gasteiger partial charge is 0.399 e. The Balaban J connectivity index is 1.82. The van der Waals surface area contributed by atoms with E-state index >= 15 is 0 Å². The van der Waals surface area contributed by atoms with Crippen LogP contribution in [-0.4, -0.2) is 61.1 Å². The topological polar surface area (TPSA) is 58.8 Å². The summed E-state index contributed by atoms with van der Waals surface area (Å²) in [5.41, 5.74) is 7.80. The molecule has 1 unspecified atom stereocenters. The van der Waals surface area contributed by atoms with Gasteiger partial charge in [0.25, 0.3) is 0 Å². The van der Waals surface area contributed by atoms with Crippen molar-refractivity contribution in [3.8, 4) is 0 Å². The van der Waals surface area contributed by atoms with Gasteiger partial charge in [-0.1, -0.05) is 25.1 Å². The van der Waals surface area contributed by atoms with Crippen LogP contribution in [0.4, 0.5) is 5.69 Å². The number of nitrogens with zero attached hydrogens (tertiary/aromatic N) is 2. The highest BCUT2D eigenvalue weighted by Gasteiger charge is 2.27. The first-order valence-electron chi connectivity index (χ1n) is 9.08. The Morgan fingerprint density at radius 3 is 2.79 bits per heavy atom. The summed E-state index contributed by atoms with van der Waals surface area (Å²) in [6.07, 6.45) is 2.30. The summed E-state index contributed by atoms with van der Waals surface area (Å²) >= 11 is 0. The van der Waals surface area contributed by atoms with Crippen molar-refractivity contribution in [3.05, 3.63) is 29.8 Å². The third-order valence-electron chi connectivity index (χ3n) is 4.82. The summed E-state index contributed by atoms with van der Waals surface area (Å²) < 4.78 is 5.47. The SMILES string of the molecule is CCOCCN1CCN(C(=O)CCc2ccccc2N)CC1CC. The van der Waals surface area contributed by atoms with Crippen molar-refractivity contribution in [1.29, 1.82) is 0 Å². The van der Waals surface area contributed by atoms with Crippen LogP contribution in [0.5, 0.6) is 0 Å².